The minimum absolute atomic E-state index is 0.00534. The maximum absolute atomic E-state index is 11.3. The lowest BCUT2D eigenvalue weighted by Crippen LogP contribution is -2.24. The summed E-state index contributed by atoms with van der Waals surface area (Å²) >= 11 is 0. The number of sulfonamides is 2. The summed E-state index contributed by atoms with van der Waals surface area (Å²) < 4.78 is 49.7. The van der Waals surface area contributed by atoms with Gasteiger partial charge >= 0.3 is 5.97 Å². The van der Waals surface area contributed by atoms with Gasteiger partial charge in [0, 0.05) is 16.0 Å². The molecule has 3 rings (SSSR count). The van der Waals surface area contributed by atoms with Crippen LogP contribution in [0.15, 0.2) is 69.6 Å². The molecule has 0 saturated carbocycles. The molecule has 2 aromatic carbocycles. The Labute approximate surface area is 254 Å². The number of nitrogens with zero attached hydrogens (tertiary/aromatic N) is 6. The molecule has 3 aromatic rings. The molecule has 0 radical (unpaired) electrons. The number of aromatic nitrogens is 3. The Bertz CT molecular complexity index is 1710. The number of carbonyl (C=O) groups is 2. The second-order valence-electron chi connectivity index (χ2n) is 9.47. The van der Waals surface area contributed by atoms with Gasteiger partial charge in [-0.25, -0.2) is 36.6 Å². The molecule has 1 heterocycles. The molecule has 2 atom stereocenters. The van der Waals surface area contributed by atoms with Crippen molar-refractivity contribution < 1.29 is 36.3 Å². The number of hydrogen-bond acceptors (Lipinski definition) is 10. The number of carboxylic acids is 1. The van der Waals surface area contributed by atoms with Crippen LogP contribution < -0.4 is 10.3 Å². The predicted molar refractivity (Wildman–Crippen MR) is 159 cm³/mol. The van der Waals surface area contributed by atoms with E-state index in [-0.39, 0.29) is 28.1 Å². The molecular formula is C26H32N8O8S2. The van der Waals surface area contributed by atoms with Gasteiger partial charge in [0.15, 0.2) is 12.3 Å². The highest BCUT2D eigenvalue weighted by molar-refractivity contribution is 7.89. The number of nitrogens with two attached hydrogens (primary N) is 2. The van der Waals surface area contributed by atoms with Gasteiger partial charge in [-0.05, 0) is 58.9 Å². The first-order chi connectivity index (χ1) is 20.5. The Hall–Kier alpha value is -4.79. The Morgan fingerprint density at radius 3 is 1.89 bits per heavy atom. The highest BCUT2D eigenvalue weighted by Crippen LogP contribution is 2.22. The van der Waals surface area contributed by atoms with Gasteiger partial charge in [-0.3, -0.25) is 4.79 Å². The minimum atomic E-state index is -3.75. The van der Waals surface area contributed by atoms with Crippen LogP contribution in [0.25, 0.3) is 21.7 Å². The normalized spacial score (nSPS) is 12.2. The van der Waals surface area contributed by atoms with Crippen molar-refractivity contribution in [3.8, 4) is 23.6 Å². The zero-order chi connectivity index (χ0) is 33.7. The molecule has 0 bridgehead atoms. The SMILES string of the molecule is C#Cc1ccc(S(N)(=O)=O)cc1.CC(C)[C@@H](C(=O)O)n1cc(-c2ccc(S(N)(=O)=O)cc2)nn1.CC(C)[C@H](N=[N+]=[N-])OC=O. The zero-order valence-corrected chi connectivity index (χ0v) is 25.8. The van der Waals surface area contributed by atoms with E-state index in [1.165, 1.54) is 47.3 Å². The summed E-state index contributed by atoms with van der Waals surface area (Å²) in [6.45, 7) is 7.42. The molecule has 0 fully saturated rings. The van der Waals surface area contributed by atoms with E-state index < -0.39 is 38.3 Å². The van der Waals surface area contributed by atoms with Gasteiger partial charge in [0.2, 0.25) is 20.0 Å². The van der Waals surface area contributed by atoms with Gasteiger partial charge in [-0.2, -0.15) is 0 Å². The second-order valence-corrected chi connectivity index (χ2v) is 12.6. The second kappa shape index (κ2) is 16.7. The molecule has 16 nitrogen and oxygen atoms in total. The molecular weight excluding hydrogens is 616 g/mol. The summed E-state index contributed by atoms with van der Waals surface area (Å²) in [7, 11) is -7.35. The summed E-state index contributed by atoms with van der Waals surface area (Å²) in [6.07, 6.45) is 5.92. The fourth-order valence-corrected chi connectivity index (χ4v) is 4.26. The highest BCUT2D eigenvalue weighted by atomic mass is 32.2. The number of carboxylic acid groups (broad SMARTS) is 1. The summed E-state index contributed by atoms with van der Waals surface area (Å²) in [6, 6.07) is 10.8. The van der Waals surface area contributed by atoms with Crippen LogP contribution in [-0.4, -0.2) is 55.6 Å². The monoisotopic (exact) mass is 648 g/mol. The van der Waals surface area contributed by atoms with E-state index in [1.807, 2.05) is 0 Å². The third-order valence-electron chi connectivity index (χ3n) is 5.44. The van der Waals surface area contributed by atoms with E-state index >= 15 is 0 Å². The molecule has 44 heavy (non-hydrogen) atoms. The third-order valence-corrected chi connectivity index (χ3v) is 7.30. The van der Waals surface area contributed by atoms with Crippen LogP contribution in [0.5, 0.6) is 0 Å². The molecule has 0 aliphatic heterocycles. The van der Waals surface area contributed by atoms with Crippen molar-refractivity contribution in [2.75, 3.05) is 0 Å². The van der Waals surface area contributed by atoms with Gasteiger partial charge in [-0.15, -0.1) is 11.5 Å². The van der Waals surface area contributed by atoms with Gasteiger partial charge < -0.3 is 9.84 Å². The third kappa shape index (κ3) is 11.8. The maximum atomic E-state index is 11.3. The molecule has 5 N–H and O–H groups in total. The topological polar surface area (TPSA) is 263 Å². The highest BCUT2D eigenvalue weighted by Gasteiger charge is 2.25. The Morgan fingerprint density at radius 2 is 1.52 bits per heavy atom. The van der Waals surface area contributed by atoms with Gasteiger partial charge in [0.05, 0.1) is 16.0 Å². The number of ether oxygens (including phenoxy) is 1. The standard InChI is InChI=1S/C13H16N4O4S.C8H7NO2S.C5H9N3O2/c1-8(2)12(13(18)19)17-7-11(15-16-17)9-3-5-10(6-4-9)22(14,20)21;1-2-7-3-5-8(6-4-7)12(9,10)11;1-4(2)5(7-8-6)10-3-9/h3-8,12H,1-2H3,(H,18,19)(H2,14,20,21);1,3-6H,(H2,9,10,11);3-5H,1-2H3/t12-;;5-/m0.1/s1. The first-order valence-electron chi connectivity index (χ1n) is 12.5. The van der Waals surface area contributed by atoms with Gasteiger partial charge in [-0.1, -0.05) is 51.0 Å². The first kappa shape index (κ1) is 37.2. The van der Waals surface area contributed by atoms with Crippen molar-refractivity contribution in [3.63, 3.8) is 0 Å². The Morgan fingerprint density at radius 1 is 1.02 bits per heavy atom. The largest absolute Gasteiger partial charge is 0.480 e. The van der Waals surface area contributed by atoms with Crippen LogP contribution in [-0.2, 0) is 34.4 Å². The lowest BCUT2D eigenvalue weighted by atomic mass is 10.1. The lowest BCUT2D eigenvalue weighted by Gasteiger charge is -2.15. The average Bonchev–Trinajstić information content (AvgIpc) is 3.42. The van der Waals surface area contributed by atoms with Crippen molar-refractivity contribution in [1.82, 2.24) is 15.0 Å². The minimum Gasteiger partial charge on any atom is -0.480 e. The molecule has 0 aliphatic rings. The quantitative estimate of drug-likeness (QED) is 0.0950. The molecule has 0 aliphatic carbocycles. The fraction of sp³-hybridized carbons (Fsp3) is 0.308. The summed E-state index contributed by atoms with van der Waals surface area (Å²) in [5.74, 6) is 1.24. The van der Waals surface area contributed by atoms with Gasteiger partial charge in [0.1, 0.15) is 5.69 Å². The molecule has 0 spiro atoms. The van der Waals surface area contributed by atoms with Crippen LogP contribution in [0.4, 0.5) is 0 Å². The molecule has 0 saturated heterocycles. The molecule has 236 valence electrons. The number of hydrogen-bond donors (Lipinski definition) is 3. The maximum Gasteiger partial charge on any atom is 0.328 e. The number of aliphatic carboxylic acids is 1. The van der Waals surface area contributed by atoms with Crippen molar-refractivity contribution in [3.05, 3.63) is 70.7 Å². The van der Waals surface area contributed by atoms with E-state index in [0.717, 1.165) is 0 Å². The molecule has 0 unspecified atom stereocenters. The van der Waals surface area contributed by atoms with Crippen LogP contribution in [0.1, 0.15) is 39.3 Å². The van der Waals surface area contributed by atoms with Crippen LogP contribution >= 0.6 is 0 Å². The zero-order valence-electron chi connectivity index (χ0n) is 24.1. The van der Waals surface area contributed by atoms with E-state index in [4.69, 9.17) is 22.2 Å². The fourth-order valence-electron chi connectivity index (χ4n) is 3.23. The Kier molecular flexibility index (Phi) is 14.2. The molecule has 0 amide bonds. The van der Waals surface area contributed by atoms with Crippen molar-refractivity contribution in [2.45, 2.75) is 49.8 Å². The smallest absolute Gasteiger partial charge is 0.328 e. The number of azide groups is 1. The van der Waals surface area contributed by atoms with E-state index in [2.05, 4.69) is 31.0 Å². The number of benzene rings is 2. The van der Waals surface area contributed by atoms with Gasteiger partial charge in [0.25, 0.3) is 6.47 Å². The number of carbonyl (C=O) groups excluding carboxylic acids is 1. The predicted octanol–water partition coefficient (Wildman–Crippen LogP) is 2.64. The summed E-state index contributed by atoms with van der Waals surface area (Å²) in [5.41, 5.74) is 9.67. The average molecular weight is 649 g/mol. The summed E-state index contributed by atoms with van der Waals surface area (Å²) in [4.78, 5) is 23.6. The van der Waals surface area contributed by atoms with E-state index in [9.17, 15) is 31.5 Å². The Balaban J connectivity index is 0.000000371. The van der Waals surface area contributed by atoms with Crippen LogP contribution in [0.2, 0.25) is 0 Å². The van der Waals surface area contributed by atoms with E-state index in [0.29, 0.717) is 16.8 Å². The lowest BCUT2D eigenvalue weighted by molar-refractivity contribution is -0.142. The van der Waals surface area contributed by atoms with E-state index in [1.54, 1.807) is 39.8 Å². The van der Waals surface area contributed by atoms with Crippen molar-refractivity contribution in [1.29, 1.82) is 0 Å². The molecule has 1 aromatic heterocycles. The first-order valence-corrected chi connectivity index (χ1v) is 15.6. The number of terminal acetylenes is 1. The number of primary sulfonamides is 2. The van der Waals surface area contributed by atoms with Crippen LogP contribution in [0.3, 0.4) is 0 Å². The van der Waals surface area contributed by atoms with Crippen molar-refractivity contribution in [2.24, 2.45) is 27.2 Å². The van der Waals surface area contributed by atoms with Crippen LogP contribution in [0, 0.1) is 24.2 Å². The number of rotatable bonds is 10. The summed E-state index contributed by atoms with van der Waals surface area (Å²) in [5, 5.41) is 30.2. The molecule has 18 heteroatoms. The van der Waals surface area contributed by atoms with Crippen molar-refractivity contribution >= 4 is 32.5 Å².